The quantitative estimate of drug-likeness (QED) is 0.360. The van der Waals surface area contributed by atoms with E-state index in [-0.39, 0.29) is 20.5 Å². The predicted molar refractivity (Wildman–Crippen MR) is 115 cm³/mol. The van der Waals surface area contributed by atoms with Gasteiger partial charge in [0.25, 0.3) is 5.69 Å². The Hall–Kier alpha value is -2.19. The zero-order chi connectivity index (χ0) is 22.4. The van der Waals surface area contributed by atoms with Gasteiger partial charge < -0.3 is 9.16 Å². The summed E-state index contributed by atoms with van der Waals surface area (Å²) >= 11 is 0. The topological polar surface area (TPSA) is 83.6 Å². The molecule has 1 aromatic carbocycles. The van der Waals surface area contributed by atoms with Crippen LogP contribution in [-0.4, -0.2) is 30.9 Å². The van der Waals surface area contributed by atoms with Gasteiger partial charge in [0.15, 0.2) is 0 Å². The van der Waals surface area contributed by atoms with E-state index in [0.717, 1.165) is 5.56 Å². The highest BCUT2D eigenvalue weighted by molar-refractivity contribution is 6.31. The van der Waals surface area contributed by atoms with Crippen molar-refractivity contribution >= 4 is 32.4 Å². The van der Waals surface area contributed by atoms with Gasteiger partial charge in [-0.05, 0) is 52.6 Å². The van der Waals surface area contributed by atoms with Crippen LogP contribution in [0, 0.1) is 17.0 Å². The Balaban J connectivity index is 2.73. The second kappa shape index (κ2) is 7.57. The van der Waals surface area contributed by atoms with E-state index >= 15 is 0 Å². The van der Waals surface area contributed by atoms with Crippen molar-refractivity contribution in [2.45, 2.75) is 78.6 Å². The minimum atomic E-state index is -0.753. The molecular formula is C21H30N2O5Si. The number of non-ortho nitro benzene ring substituents is 1. The van der Waals surface area contributed by atoms with Gasteiger partial charge in [-0.3, -0.25) is 10.1 Å². The van der Waals surface area contributed by atoms with Crippen LogP contribution < -0.4 is 0 Å². The molecule has 2 radical (unpaired) electrons. The van der Waals surface area contributed by atoms with Crippen molar-refractivity contribution in [3.8, 4) is 0 Å². The van der Waals surface area contributed by atoms with Gasteiger partial charge in [0.05, 0.1) is 16.0 Å². The van der Waals surface area contributed by atoms with Crippen molar-refractivity contribution in [2.24, 2.45) is 0 Å². The molecule has 0 unspecified atom stereocenters. The summed E-state index contributed by atoms with van der Waals surface area (Å²) in [6.45, 7) is 17.3. The normalized spacial score (nSPS) is 13.0. The summed E-state index contributed by atoms with van der Waals surface area (Å²) < 4.78 is 13.3. The summed E-state index contributed by atoms with van der Waals surface area (Å²) in [5.74, 6) is 0. The first kappa shape index (κ1) is 23.1. The second-order valence-electron chi connectivity index (χ2n) is 9.70. The first-order chi connectivity index (χ1) is 13.0. The molecule has 2 rings (SSSR count). The molecule has 0 saturated carbocycles. The number of ether oxygens (including phenoxy) is 1. The number of carbonyl (C=O) groups is 1. The highest BCUT2D eigenvalue weighted by Crippen LogP contribution is 2.39. The Morgan fingerprint density at radius 2 is 1.69 bits per heavy atom. The number of carbonyl (C=O) groups excluding carboxylic acids is 1. The highest BCUT2D eigenvalue weighted by Gasteiger charge is 2.34. The SMILES string of the molecule is Cc1c(C(C)(C)O[Si]C(C)(C)C)c2cc([N+](=O)[O-])ccc2n1C(=O)OC(C)(C)C. The van der Waals surface area contributed by atoms with Crippen molar-refractivity contribution in [1.82, 2.24) is 4.57 Å². The van der Waals surface area contributed by atoms with E-state index < -0.39 is 22.2 Å². The van der Waals surface area contributed by atoms with Crippen LogP contribution in [0.5, 0.6) is 0 Å². The molecule has 1 aromatic heterocycles. The van der Waals surface area contributed by atoms with E-state index in [1.807, 2.05) is 20.8 Å². The van der Waals surface area contributed by atoms with Gasteiger partial charge in [-0.1, -0.05) is 20.8 Å². The lowest BCUT2D eigenvalue weighted by molar-refractivity contribution is -0.384. The van der Waals surface area contributed by atoms with Gasteiger partial charge in [-0.2, -0.15) is 0 Å². The van der Waals surface area contributed by atoms with Crippen molar-refractivity contribution in [3.05, 3.63) is 39.6 Å². The predicted octanol–water partition coefficient (Wildman–Crippen LogP) is 5.73. The number of nitrogens with zero attached hydrogens (tertiary/aromatic N) is 2. The average Bonchev–Trinajstić information content (AvgIpc) is 2.82. The van der Waals surface area contributed by atoms with Crippen LogP contribution in [0.15, 0.2) is 18.2 Å². The van der Waals surface area contributed by atoms with E-state index in [2.05, 4.69) is 20.8 Å². The number of benzene rings is 1. The van der Waals surface area contributed by atoms with Gasteiger partial charge in [-0.25, -0.2) is 9.36 Å². The van der Waals surface area contributed by atoms with Crippen LogP contribution >= 0.6 is 0 Å². The van der Waals surface area contributed by atoms with Crippen molar-refractivity contribution < 1.29 is 18.9 Å². The fourth-order valence-corrected chi connectivity index (χ4v) is 3.82. The minimum absolute atomic E-state index is 0.0271. The van der Waals surface area contributed by atoms with Gasteiger partial charge in [0.1, 0.15) is 5.60 Å². The lowest BCUT2D eigenvalue weighted by Crippen LogP contribution is -2.30. The Bertz CT molecular complexity index is 949. The summed E-state index contributed by atoms with van der Waals surface area (Å²) in [5, 5.41) is 11.9. The third-order valence-corrected chi connectivity index (χ3v) is 5.41. The number of aromatic nitrogens is 1. The number of hydrogen-bond acceptors (Lipinski definition) is 5. The largest absolute Gasteiger partial charge is 0.443 e. The van der Waals surface area contributed by atoms with Crippen LogP contribution in [0.2, 0.25) is 5.04 Å². The summed E-state index contributed by atoms with van der Waals surface area (Å²) in [5.41, 5.74) is 0.511. The number of rotatable bonds is 4. The lowest BCUT2D eigenvalue weighted by atomic mass is 9.95. The highest BCUT2D eigenvalue weighted by atomic mass is 28.2. The molecule has 0 amide bonds. The van der Waals surface area contributed by atoms with Crippen molar-refractivity contribution in [2.75, 3.05) is 0 Å². The van der Waals surface area contributed by atoms with Crippen molar-refractivity contribution in [3.63, 3.8) is 0 Å². The van der Waals surface area contributed by atoms with E-state index in [0.29, 0.717) is 16.6 Å². The molecule has 1 heterocycles. The molecule has 0 N–H and O–H groups in total. The molecule has 0 aliphatic heterocycles. The Labute approximate surface area is 174 Å². The van der Waals surface area contributed by atoms with Crippen LogP contribution in [0.25, 0.3) is 10.9 Å². The molecule has 0 spiro atoms. The van der Waals surface area contributed by atoms with E-state index in [9.17, 15) is 14.9 Å². The lowest BCUT2D eigenvalue weighted by Gasteiger charge is -2.30. The summed E-state index contributed by atoms with van der Waals surface area (Å²) in [7, 11) is 0.214. The molecule has 2 aromatic rings. The third kappa shape index (κ3) is 5.25. The first-order valence-corrected chi connectivity index (χ1v) is 10.4. The summed E-state index contributed by atoms with van der Waals surface area (Å²) in [4.78, 5) is 23.9. The Kier molecular flexibility index (Phi) is 6.03. The number of fused-ring (bicyclic) bond motifs is 1. The number of nitro benzene ring substituents is 1. The molecule has 29 heavy (non-hydrogen) atoms. The van der Waals surface area contributed by atoms with E-state index in [1.165, 1.54) is 16.7 Å². The minimum Gasteiger partial charge on any atom is -0.443 e. The molecule has 0 fully saturated rings. The molecule has 0 aliphatic carbocycles. The maximum atomic E-state index is 12.9. The molecule has 7 nitrogen and oxygen atoms in total. The zero-order valence-electron chi connectivity index (χ0n) is 18.7. The van der Waals surface area contributed by atoms with Gasteiger partial charge in [0, 0.05) is 28.8 Å². The molecular weight excluding hydrogens is 388 g/mol. The molecule has 0 aliphatic rings. The number of hydrogen-bond donors (Lipinski definition) is 0. The Morgan fingerprint density at radius 1 is 1.10 bits per heavy atom. The molecule has 0 atom stereocenters. The van der Waals surface area contributed by atoms with E-state index in [1.54, 1.807) is 26.8 Å². The smallest absolute Gasteiger partial charge is 0.419 e. The molecule has 0 saturated heterocycles. The van der Waals surface area contributed by atoms with Gasteiger partial charge in [0.2, 0.25) is 9.76 Å². The average molecular weight is 419 g/mol. The molecule has 8 heteroatoms. The number of nitro groups is 1. The summed E-state index contributed by atoms with van der Waals surface area (Å²) in [6.07, 6.45) is -0.519. The fourth-order valence-electron chi connectivity index (χ4n) is 3.15. The van der Waals surface area contributed by atoms with Crippen LogP contribution in [-0.2, 0) is 14.8 Å². The maximum Gasteiger partial charge on any atom is 0.419 e. The second-order valence-corrected chi connectivity index (χ2v) is 11.6. The zero-order valence-corrected chi connectivity index (χ0v) is 19.7. The third-order valence-electron chi connectivity index (χ3n) is 4.19. The first-order valence-electron chi connectivity index (χ1n) is 9.52. The monoisotopic (exact) mass is 418 g/mol. The van der Waals surface area contributed by atoms with Crippen LogP contribution in [0.4, 0.5) is 10.5 Å². The maximum absolute atomic E-state index is 12.9. The van der Waals surface area contributed by atoms with E-state index in [4.69, 9.17) is 9.16 Å². The molecule has 0 bridgehead atoms. The standard InChI is InChI=1S/C21H30N2O5Si/c1-13-17(21(8,9)28-29-20(5,6)7)15-12-14(23(25)26)10-11-16(15)22(13)18(24)27-19(2,3)4/h10-12H,1-9H3. The van der Waals surface area contributed by atoms with Gasteiger partial charge in [-0.15, -0.1) is 0 Å². The van der Waals surface area contributed by atoms with Crippen LogP contribution in [0.1, 0.15) is 66.6 Å². The fraction of sp³-hybridized carbons (Fsp3) is 0.571. The molecule has 158 valence electrons. The van der Waals surface area contributed by atoms with Crippen LogP contribution in [0.3, 0.4) is 0 Å². The van der Waals surface area contributed by atoms with Crippen molar-refractivity contribution in [1.29, 1.82) is 0 Å². The van der Waals surface area contributed by atoms with Gasteiger partial charge >= 0.3 is 6.09 Å². The summed E-state index contributed by atoms with van der Waals surface area (Å²) in [6, 6.07) is 4.50. The Morgan fingerprint density at radius 3 is 2.17 bits per heavy atom.